The molecule has 0 atom stereocenters. The van der Waals surface area contributed by atoms with Crippen molar-refractivity contribution in [3.05, 3.63) is 29.2 Å². The van der Waals surface area contributed by atoms with Gasteiger partial charge in [0.1, 0.15) is 0 Å². The Kier molecular flexibility index (Phi) is 4.56. The fourth-order valence-corrected chi connectivity index (χ4v) is 1.34. The summed E-state index contributed by atoms with van der Waals surface area (Å²) in [6.07, 6.45) is 0. The topological polar surface area (TPSA) is 78.9 Å². The molecule has 0 saturated heterocycles. The van der Waals surface area contributed by atoms with Crippen molar-refractivity contribution in [2.45, 2.75) is 0 Å². The van der Waals surface area contributed by atoms with Gasteiger partial charge in [-0.2, -0.15) is 4.91 Å². The summed E-state index contributed by atoms with van der Waals surface area (Å²) < 4.78 is 0. The molecule has 0 spiro atoms. The predicted molar refractivity (Wildman–Crippen MR) is 60.8 cm³/mol. The fraction of sp³-hybridized carbons (Fsp3) is 0.400. The van der Waals surface area contributed by atoms with Gasteiger partial charge in [0.25, 0.3) is 0 Å². The fourth-order valence-electron chi connectivity index (χ4n) is 1.34. The number of aliphatic hydroxyl groups excluding tert-OH is 1. The van der Waals surface area contributed by atoms with Gasteiger partial charge < -0.3 is 15.7 Å². The number of nitrogen functional groups attached to an aromatic ring is 1. The molecule has 0 heterocycles. The van der Waals surface area contributed by atoms with Gasteiger partial charge in [-0.3, -0.25) is 0 Å². The van der Waals surface area contributed by atoms with Crippen molar-refractivity contribution in [3.8, 4) is 0 Å². The zero-order valence-corrected chi connectivity index (χ0v) is 8.47. The molecule has 0 aliphatic carbocycles. The SMILES string of the molecule is Nc1ccc(N(CCO)CCN=O)cc1. The van der Waals surface area contributed by atoms with Crippen molar-refractivity contribution < 1.29 is 5.11 Å². The number of benzene rings is 1. The zero-order chi connectivity index (χ0) is 11.1. The van der Waals surface area contributed by atoms with Crippen molar-refractivity contribution >= 4 is 11.4 Å². The van der Waals surface area contributed by atoms with E-state index in [2.05, 4.69) is 5.18 Å². The molecular weight excluding hydrogens is 194 g/mol. The van der Waals surface area contributed by atoms with Gasteiger partial charge in [-0.15, -0.1) is 0 Å². The Balaban J connectivity index is 2.69. The van der Waals surface area contributed by atoms with Crippen LogP contribution in [-0.2, 0) is 0 Å². The van der Waals surface area contributed by atoms with E-state index in [4.69, 9.17) is 10.8 Å². The molecule has 1 rings (SSSR count). The summed E-state index contributed by atoms with van der Waals surface area (Å²) in [4.78, 5) is 11.9. The predicted octanol–water partition coefficient (Wildman–Crippen LogP) is 0.834. The van der Waals surface area contributed by atoms with Crippen LogP contribution in [0.2, 0.25) is 0 Å². The van der Waals surface area contributed by atoms with E-state index in [0.717, 1.165) is 5.69 Å². The summed E-state index contributed by atoms with van der Waals surface area (Å²) in [5, 5.41) is 11.7. The maximum absolute atomic E-state index is 10.0. The minimum absolute atomic E-state index is 0.0449. The molecule has 0 radical (unpaired) electrons. The van der Waals surface area contributed by atoms with Crippen molar-refractivity contribution in [2.75, 3.05) is 36.9 Å². The molecule has 0 saturated carbocycles. The van der Waals surface area contributed by atoms with E-state index in [1.165, 1.54) is 0 Å². The van der Waals surface area contributed by atoms with Crippen LogP contribution >= 0.6 is 0 Å². The molecule has 0 bridgehead atoms. The first-order chi connectivity index (χ1) is 7.27. The summed E-state index contributed by atoms with van der Waals surface area (Å²) in [7, 11) is 0. The third-order valence-electron chi connectivity index (χ3n) is 2.09. The summed E-state index contributed by atoms with van der Waals surface area (Å²) in [5.74, 6) is 0. The van der Waals surface area contributed by atoms with Crippen molar-refractivity contribution in [2.24, 2.45) is 5.18 Å². The largest absolute Gasteiger partial charge is 0.399 e. The number of hydrogen-bond acceptors (Lipinski definition) is 5. The van der Waals surface area contributed by atoms with Gasteiger partial charge >= 0.3 is 0 Å². The highest BCUT2D eigenvalue weighted by Crippen LogP contribution is 2.15. The van der Waals surface area contributed by atoms with Crippen LogP contribution in [0.25, 0.3) is 0 Å². The van der Waals surface area contributed by atoms with Gasteiger partial charge in [-0.25, -0.2) is 0 Å². The normalized spacial score (nSPS) is 9.93. The van der Waals surface area contributed by atoms with Crippen LogP contribution < -0.4 is 10.6 Å². The number of nitrogens with two attached hydrogens (primary N) is 1. The van der Waals surface area contributed by atoms with E-state index in [-0.39, 0.29) is 13.2 Å². The third kappa shape index (κ3) is 3.55. The number of anilines is 2. The second-order valence-electron chi connectivity index (χ2n) is 3.15. The van der Waals surface area contributed by atoms with Gasteiger partial charge in [-0.05, 0) is 24.3 Å². The number of rotatable bonds is 6. The molecule has 0 unspecified atom stereocenters. The maximum atomic E-state index is 10.0. The average Bonchev–Trinajstić information content (AvgIpc) is 2.25. The Labute approximate surface area is 88.5 Å². The molecule has 5 heteroatoms. The van der Waals surface area contributed by atoms with Crippen LogP contribution in [0.5, 0.6) is 0 Å². The first-order valence-electron chi connectivity index (χ1n) is 4.78. The highest BCUT2D eigenvalue weighted by atomic mass is 16.3. The number of nitroso groups, excluding NO2 is 1. The quantitative estimate of drug-likeness (QED) is 0.537. The monoisotopic (exact) mass is 209 g/mol. The average molecular weight is 209 g/mol. The Bertz CT molecular complexity index is 300. The Morgan fingerprint density at radius 3 is 2.47 bits per heavy atom. The molecule has 0 amide bonds. The molecule has 1 aromatic rings. The Morgan fingerprint density at radius 1 is 1.27 bits per heavy atom. The zero-order valence-electron chi connectivity index (χ0n) is 8.47. The minimum atomic E-state index is 0.0449. The third-order valence-corrected chi connectivity index (χ3v) is 2.09. The summed E-state index contributed by atoms with van der Waals surface area (Å²) in [6.45, 7) is 1.25. The highest BCUT2D eigenvalue weighted by Gasteiger charge is 2.04. The van der Waals surface area contributed by atoms with Crippen LogP contribution in [0, 0.1) is 4.91 Å². The first-order valence-corrected chi connectivity index (χ1v) is 4.78. The lowest BCUT2D eigenvalue weighted by Crippen LogP contribution is -2.29. The Hall–Kier alpha value is -1.62. The van der Waals surface area contributed by atoms with Gasteiger partial charge in [-0.1, -0.05) is 5.18 Å². The van der Waals surface area contributed by atoms with E-state index < -0.39 is 0 Å². The lowest BCUT2D eigenvalue weighted by Gasteiger charge is -2.22. The smallest absolute Gasteiger partial charge is 0.0986 e. The van der Waals surface area contributed by atoms with Crippen LogP contribution in [0.3, 0.4) is 0 Å². The van der Waals surface area contributed by atoms with E-state index in [0.29, 0.717) is 18.8 Å². The van der Waals surface area contributed by atoms with Gasteiger partial charge in [0.2, 0.25) is 0 Å². The van der Waals surface area contributed by atoms with Gasteiger partial charge in [0, 0.05) is 24.5 Å². The second kappa shape index (κ2) is 5.98. The lowest BCUT2D eigenvalue weighted by molar-refractivity contribution is 0.302. The molecule has 82 valence electrons. The van der Waals surface area contributed by atoms with Crippen LogP contribution in [0.15, 0.2) is 29.4 Å². The standard InChI is InChI=1S/C10H15N3O2/c11-9-1-3-10(4-2-9)13(7-8-14)6-5-12-15/h1-4,14H,5-8,11H2. The summed E-state index contributed by atoms with van der Waals surface area (Å²) in [6, 6.07) is 7.29. The molecule has 15 heavy (non-hydrogen) atoms. The van der Waals surface area contributed by atoms with Crippen molar-refractivity contribution in [3.63, 3.8) is 0 Å². The van der Waals surface area contributed by atoms with Gasteiger partial charge in [0.15, 0.2) is 0 Å². The van der Waals surface area contributed by atoms with E-state index >= 15 is 0 Å². The van der Waals surface area contributed by atoms with E-state index in [9.17, 15) is 4.91 Å². The van der Waals surface area contributed by atoms with Crippen molar-refractivity contribution in [1.82, 2.24) is 0 Å². The number of hydrogen-bond donors (Lipinski definition) is 2. The molecule has 3 N–H and O–H groups in total. The van der Waals surface area contributed by atoms with Crippen LogP contribution in [0.4, 0.5) is 11.4 Å². The molecule has 0 fully saturated rings. The first kappa shape index (κ1) is 11.5. The molecular formula is C10H15N3O2. The van der Waals surface area contributed by atoms with E-state index in [1.807, 2.05) is 17.0 Å². The van der Waals surface area contributed by atoms with E-state index in [1.54, 1.807) is 12.1 Å². The minimum Gasteiger partial charge on any atom is -0.399 e. The number of nitrogens with zero attached hydrogens (tertiary/aromatic N) is 2. The van der Waals surface area contributed by atoms with Gasteiger partial charge in [0.05, 0.1) is 13.2 Å². The second-order valence-corrected chi connectivity index (χ2v) is 3.15. The van der Waals surface area contributed by atoms with Crippen molar-refractivity contribution in [1.29, 1.82) is 0 Å². The molecule has 0 aromatic heterocycles. The summed E-state index contributed by atoms with van der Waals surface area (Å²) in [5.41, 5.74) is 7.19. The van der Waals surface area contributed by atoms with Crippen LogP contribution in [0.1, 0.15) is 0 Å². The van der Waals surface area contributed by atoms with Crippen LogP contribution in [-0.4, -0.2) is 31.3 Å². The number of aliphatic hydroxyl groups is 1. The Morgan fingerprint density at radius 2 is 1.93 bits per heavy atom. The maximum Gasteiger partial charge on any atom is 0.0986 e. The molecule has 0 aliphatic rings. The lowest BCUT2D eigenvalue weighted by atomic mass is 10.2. The highest BCUT2D eigenvalue weighted by molar-refractivity contribution is 5.53. The summed E-state index contributed by atoms with van der Waals surface area (Å²) >= 11 is 0. The molecule has 0 aliphatic heterocycles. The molecule has 5 nitrogen and oxygen atoms in total. The molecule has 1 aromatic carbocycles.